The van der Waals surface area contributed by atoms with Gasteiger partial charge in [-0.05, 0) is 18.9 Å². The summed E-state index contributed by atoms with van der Waals surface area (Å²) in [6, 6.07) is 1.11. The zero-order valence-corrected chi connectivity index (χ0v) is 14.1. The second-order valence-electron chi connectivity index (χ2n) is 6.11. The van der Waals surface area contributed by atoms with Gasteiger partial charge in [0, 0.05) is 26.3 Å². The minimum absolute atomic E-state index is 0.0153. The third-order valence-corrected chi connectivity index (χ3v) is 4.84. The molecule has 5 nitrogen and oxygen atoms in total. The molecule has 3 rings (SSSR count). The minimum atomic E-state index is -1.34. The first-order chi connectivity index (χ1) is 11.4. The van der Waals surface area contributed by atoms with E-state index < -0.39 is 22.8 Å². The van der Waals surface area contributed by atoms with Crippen LogP contribution in [0.2, 0.25) is 5.02 Å². The van der Waals surface area contributed by atoms with Crippen LogP contribution in [0.5, 0.6) is 0 Å². The number of benzene rings is 1. The van der Waals surface area contributed by atoms with Crippen molar-refractivity contribution >= 4 is 34.2 Å². The topological polar surface area (TPSA) is 62.5 Å². The second-order valence-corrected chi connectivity index (χ2v) is 6.48. The highest BCUT2D eigenvalue weighted by molar-refractivity contribution is 6.38. The Kier molecular flexibility index (Phi) is 4.49. The second kappa shape index (κ2) is 6.43. The van der Waals surface area contributed by atoms with Gasteiger partial charge in [0.2, 0.25) is 5.43 Å². The Hall–Kier alpha value is -2.08. The number of pyridine rings is 1. The first-order valence-corrected chi connectivity index (χ1v) is 8.29. The molecule has 0 atom stereocenters. The third-order valence-electron chi connectivity index (χ3n) is 4.49. The lowest BCUT2D eigenvalue weighted by molar-refractivity contribution is 0.0695. The van der Waals surface area contributed by atoms with Crippen molar-refractivity contribution in [1.82, 2.24) is 4.57 Å². The maximum atomic E-state index is 14.7. The molecule has 2 heterocycles. The zero-order chi connectivity index (χ0) is 17.4. The minimum Gasteiger partial charge on any atom is -0.477 e. The van der Waals surface area contributed by atoms with Gasteiger partial charge in [-0.1, -0.05) is 24.4 Å². The van der Waals surface area contributed by atoms with Crippen LogP contribution in [0.1, 0.15) is 36.0 Å². The van der Waals surface area contributed by atoms with Gasteiger partial charge in [0.1, 0.15) is 11.4 Å². The number of hydrogen-bond acceptors (Lipinski definition) is 3. The molecule has 1 fully saturated rings. The Morgan fingerprint density at radius 3 is 2.46 bits per heavy atom. The monoisotopic (exact) mass is 352 g/mol. The van der Waals surface area contributed by atoms with Gasteiger partial charge in [-0.15, -0.1) is 0 Å². The molecule has 128 valence electrons. The van der Waals surface area contributed by atoms with Crippen LogP contribution in [-0.2, 0) is 7.05 Å². The summed E-state index contributed by atoms with van der Waals surface area (Å²) in [5.41, 5.74) is -0.474. The van der Waals surface area contributed by atoms with Crippen molar-refractivity contribution in [3.05, 3.63) is 38.9 Å². The molecular formula is C17H18ClFN2O3. The molecule has 0 amide bonds. The predicted molar refractivity (Wildman–Crippen MR) is 91.8 cm³/mol. The Bertz CT molecular complexity index is 870. The first kappa shape index (κ1) is 16.8. The van der Waals surface area contributed by atoms with Crippen molar-refractivity contribution in [3.8, 4) is 0 Å². The Morgan fingerprint density at radius 2 is 1.88 bits per heavy atom. The highest BCUT2D eigenvalue weighted by Gasteiger charge is 2.23. The molecule has 7 heteroatoms. The van der Waals surface area contributed by atoms with Crippen LogP contribution in [-0.4, -0.2) is 28.7 Å². The van der Waals surface area contributed by atoms with Gasteiger partial charge >= 0.3 is 5.97 Å². The fourth-order valence-corrected chi connectivity index (χ4v) is 3.76. The van der Waals surface area contributed by atoms with Crippen LogP contribution >= 0.6 is 11.6 Å². The molecule has 0 spiro atoms. The molecule has 0 saturated carbocycles. The van der Waals surface area contributed by atoms with E-state index in [1.807, 2.05) is 4.90 Å². The van der Waals surface area contributed by atoms with Crippen molar-refractivity contribution in [1.29, 1.82) is 0 Å². The lowest BCUT2D eigenvalue weighted by Gasteiger charge is -2.25. The molecule has 0 bridgehead atoms. The number of rotatable bonds is 2. The van der Waals surface area contributed by atoms with E-state index in [1.54, 1.807) is 7.05 Å². The number of carboxylic acid groups (broad SMARTS) is 1. The van der Waals surface area contributed by atoms with Gasteiger partial charge in [0.05, 0.1) is 21.6 Å². The van der Waals surface area contributed by atoms with Gasteiger partial charge in [0.15, 0.2) is 0 Å². The van der Waals surface area contributed by atoms with E-state index in [2.05, 4.69) is 0 Å². The number of carboxylic acids is 1. The quantitative estimate of drug-likeness (QED) is 0.899. The van der Waals surface area contributed by atoms with Gasteiger partial charge in [-0.2, -0.15) is 0 Å². The Morgan fingerprint density at radius 1 is 1.25 bits per heavy atom. The zero-order valence-electron chi connectivity index (χ0n) is 13.3. The molecule has 1 aliphatic heterocycles. The molecule has 0 unspecified atom stereocenters. The summed E-state index contributed by atoms with van der Waals surface area (Å²) in [5.74, 6) is -1.93. The van der Waals surface area contributed by atoms with Gasteiger partial charge in [0.25, 0.3) is 0 Å². The average Bonchev–Trinajstić information content (AvgIpc) is 2.79. The summed E-state index contributed by atoms with van der Waals surface area (Å²) in [6.07, 6.45) is 5.35. The maximum absolute atomic E-state index is 14.7. The van der Waals surface area contributed by atoms with Crippen LogP contribution in [0, 0.1) is 5.82 Å². The molecular weight excluding hydrogens is 335 g/mol. The molecule has 2 aromatic rings. The van der Waals surface area contributed by atoms with E-state index in [4.69, 9.17) is 16.7 Å². The van der Waals surface area contributed by atoms with Gasteiger partial charge in [-0.3, -0.25) is 4.79 Å². The van der Waals surface area contributed by atoms with Crippen LogP contribution in [0.4, 0.5) is 10.1 Å². The normalized spacial score (nSPS) is 15.5. The maximum Gasteiger partial charge on any atom is 0.341 e. The summed E-state index contributed by atoms with van der Waals surface area (Å²) < 4.78 is 16.2. The molecule has 0 radical (unpaired) electrons. The number of aryl methyl sites for hydroxylation is 1. The first-order valence-electron chi connectivity index (χ1n) is 7.91. The number of halogens is 2. The fourth-order valence-electron chi connectivity index (χ4n) is 3.31. The summed E-state index contributed by atoms with van der Waals surface area (Å²) in [7, 11) is 1.60. The van der Waals surface area contributed by atoms with E-state index in [1.165, 1.54) is 10.8 Å². The van der Waals surface area contributed by atoms with Gasteiger partial charge < -0.3 is 14.6 Å². The van der Waals surface area contributed by atoms with Crippen LogP contribution in [0.25, 0.3) is 10.9 Å². The average molecular weight is 353 g/mol. The standard InChI is InChI=1S/C17H18ClFN2O3/c1-20-9-11(17(23)24)16(22)10-8-12(19)15(13(18)14(10)20)21-6-4-2-3-5-7-21/h8-9H,2-7H2,1H3,(H,23,24). The Balaban J connectivity index is 2.27. The number of fused-ring (bicyclic) bond motifs is 1. The number of aromatic nitrogens is 1. The number of hydrogen-bond donors (Lipinski definition) is 1. The molecule has 1 aliphatic rings. The largest absolute Gasteiger partial charge is 0.477 e. The number of aromatic carboxylic acids is 1. The Labute approximate surface area is 143 Å². The molecule has 1 saturated heterocycles. The molecule has 24 heavy (non-hydrogen) atoms. The highest BCUT2D eigenvalue weighted by atomic mass is 35.5. The van der Waals surface area contributed by atoms with Crippen molar-refractivity contribution in [2.75, 3.05) is 18.0 Å². The molecule has 1 aromatic carbocycles. The van der Waals surface area contributed by atoms with Gasteiger partial charge in [-0.25, -0.2) is 9.18 Å². The molecule has 1 aromatic heterocycles. The summed E-state index contributed by atoms with van der Waals surface area (Å²) in [5, 5.41) is 9.27. The lowest BCUT2D eigenvalue weighted by atomic mass is 10.1. The van der Waals surface area contributed by atoms with E-state index in [0.717, 1.165) is 31.7 Å². The fraction of sp³-hybridized carbons (Fsp3) is 0.412. The SMILES string of the molecule is Cn1cc(C(=O)O)c(=O)c2cc(F)c(N3CCCCCC3)c(Cl)c21. The van der Waals surface area contributed by atoms with Crippen molar-refractivity contribution in [2.45, 2.75) is 25.7 Å². The van der Waals surface area contributed by atoms with Crippen LogP contribution in [0.15, 0.2) is 17.1 Å². The predicted octanol–water partition coefficient (Wildman–Crippen LogP) is 3.41. The molecule has 1 N–H and O–H groups in total. The number of nitrogens with zero attached hydrogens (tertiary/aromatic N) is 2. The van der Waals surface area contributed by atoms with E-state index in [-0.39, 0.29) is 10.4 Å². The lowest BCUT2D eigenvalue weighted by Crippen LogP contribution is -2.26. The van der Waals surface area contributed by atoms with Crippen molar-refractivity contribution < 1.29 is 14.3 Å². The smallest absolute Gasteiger partial charge is 0.341 e. The number of anilines is 1. The number of carbonyl (C=O) groups is 1. The summed E-state index contributed by atoms with van der Waals surface area (Å²) in [4.78, 5) is 25.4. The summed E-state index contributed by atoms with van der Waals surface area (Å²) in [6.45, 7) is 1.42. The van der Waals surface area contributed by atoms with Crippen LogP contribution < -0.4 is 10.3 Å². The van der Waals surface area contributed by atoms with Crippen molar-refractivity contribution in [3.63, 3.8) is 0 Å². The van der Waals surface area contributed by atoms with Crippen molar-refractivity contribution in [2.24, 2.45) is 7.05 Å². The van der Waals surface area contributed by atoms with E-state index in [0.29, 0.717) is 24.3 Å². The molecule has 0 aliphatic carbocycles. The summed E-state index contributed by atoms with van der Waals surface area (Å²) >= 11 is 6.45. The van der Waals surface area contributed by atoms with E-state index in [9.17, 15) is 14.0 Å². The van der Waals surface area contributed by atoms with Crippen LogP contribution in [0.3, 0.4) is 0 Å². The third kappa shape index (κ3) is 2.75. The highest BCUT2D eigenvalue weighted by Crippen LogP contribution is 2.36. The van der Waals surface area contributed by atoms with E-state index >= 15 is 0 Å².